The molecule has 0 spiro atoms. The van der Waals surface area contributed by atoms with Crippen molar-refractivity contribution in [3.8, 4) is 0 Å². The van der Waals surface area contributed by atoms with Gasteiger partial charge in [-0.05, 0) is 56.3 Å². The van der Waals surface area contributed by atoms with Crippen LogP contribution in [0.15, 0.2) is 52.5 Å². The number of aromatic amines is 1. The lowest BCUT2D eigenvalue weighted by Gasteiger charge is -2.44. The fourth-order valence-electron chi connectivity index (χ4n) is 4.62. The molecule has 1 atom stereocenters. The van der Waals surface area contributed by atoms with Crippen molar-refractivity contribution in [2.24, 2.45) is 0 Å². The van der Waals surface area contributed by atoms with E-state index in [1.165, 1.54) is 11.8 Å². The lowest BCUT2D eigenvalue weighted by molar-refractivity contribution is 0.188. The van der Waals surface area contributed by atoms with Crippen LogP contribution in [0.2, 0.25) is 0 Å². The molecule has 1 aromatic carbocycles. The molecule has 4 aromatic rings. The van der Waals surface area contributed by atoms with E-state index < -0.39 is 6.17 Å². The highest BCUT2D eigenvalue weighted by Crippen LogP contribution is 2.33. The molecule has 2 aliphatic rings. The normalized spacial score (nSPS) is 18.8. The number of halogens is 1. The zero-order chi connectivity index (χ0) is 23.9. The summed E-state index contributed by atoms with van der Waals surface area (Å²) in [5.41, 5.74) is 2.95. The number of likely N-dealkylation sites (tertiary alicyclic amines) is 1. The van der Waals surface area contributed by atoms with Gasteiger partial charge < -0.3 is 10.2 Å². The van der Waals surface area contributed by atoms with Gasteiger partial charge in [0.2, 0.25) is 0 Å². The number of pyridine rings is 1. The van der Waals surface area contributed by atoms with Crippen LogP contribution < -0.4 is 10.2 Å². The van der Waals surface area contributed by atoms with Crippen LogP contribution in [0, 0.1) is 13.8 Å². The Balaban J connectivity index is 1.25. The van der Waals surface area contributed by atoms with Crippen molar-refractivity contribution in [3.05, 3.63) is 53.9 Å². The molecule has 6 rings (SSSR count). The van der Waals surface area contributed by atoms with Crippen molar-refractivity contribution in [3.63, 3.8) is 0 Å². The Morgan fingerprint density at radius 2 is 1.89 bits per heavy atom. The molecular formula is C25H27FN8S. The van der Waals surface area contributed by atoms with Crippen molar-refractivity contribution in [2.45, 2.75) is 42.5 Å². The van der Waals surface area contributed by atoms with E-state index in [9.17, 15) is 4.39 Å². The van der Waals surface area contributed by atoms with Gasteiger partial charge in [-0.1, -0.05) is 6.07 Å². The average Bonchev–Trinajstić information content (AvgIpc) is 3.40. The molecule has 8 nitrogen and oxygen atoms in total. The second kappa shape index (κ2) is 9.09. The Labute approximate surface area is 207 Å². The SMILES string of the molecule is Cc1ccc2cc(Sc3nc(Nc4cc(C)[nH]n4)cc(N4CC(N5CCC(F)C5)C4)n3)ccc2n1. The third-order valence-electron chi connectivity index (χ3n) is 6.53. The van der Waals surface area contributed by atoms with E-state index in [2.05, 4.69) is 48.5 Å². The van der Waals surface area contributed by atoms with Crippen molar-refractivity contribution in [2.75, 3.05) is 36.4 Å². The average molecular weight is 491 g/mol. The number of nitrogens with zero attached hydrogens (tertiary/aromatic N) is 6. The summed E-state index contributed by atoms with van der Waals surface area (Å²) in [7, 11) is 0. The topological polar surface area (TPSA) is 85.9 Å². The summed E-state index contributed by atoms with van der Waals surface area (Å²) in [5, 5.41) is 12.3. The third kappa shape index (κ3) is 4.81. The smallest absolute Gasteiger partial charge is 0.196 e. The van der Waals surface area contributed by atoms with Gasteiger partial charge in [-0.25, -0.2) is 14.4 Å². The number of rotatable bonds is 6. The van der Waals surface area contributed by atoms with E-state index in [4.69, 9.17) is 9.97 Å². The largest absolute Gasteiger partial charge is 0.353 e. The maximum absolute atomic E-state index is 13.7. The van der Waals surface area contributed by atoms with E-state index in [0.717, 1.165) is 52.6 Å². The molecule has 35 heavy (non-hydrogen) atoms. The van der Waals surface area contributed by atoms with Crippen LogP contribution in [0.4, 0.5) is 21.8 Å². The van der Waals surface area contributed by atoms with Gasteiger partial charge in [0.25, 0.3) is 0 Å². The monoisotopic (exact) mass is 490 g/mol. The lowest BCUT2D eigenvalue weighted by Crippen LogP contribution is -2.59. The van der Waals surface area contributed by atoms with Gasteiger partial charge in [-0.15, -0.1) is 0 Å². The summed E-state index contributed by atoms with van der Waals surface area (Å²) in [6.07, 6.45) is -0.0525. The summed E-state index contributed by atoms with van der Waals surface area (Å²) in [5.74, 6) is 2.26. The number of alkyl halides is 1. The Morgan fingerprint density at radius 3 is 2.66 bits per heavy atom. The summed E-state index contributed by atoms with van der Waals surface area (Å²) < 4.78 is 13.7. The molecule has 3 aromatic heterocycles. The number of benzene rings is 1. The maximum atomic E-state index is 13.7. The highest BCUT2D eigenvalue weighted by atomic mass is 32.2. The van der Waals surface area contributed by atoms with Crippen molar-refractivity contribution in [1.29, 1.82) is 0 Å². The minimum Gasteiger partial charge on any atom is -0.353 e. The zero-order valence-corrected chi connectivity index (χ0v) is 20.5. The van der Waals surface area contributed by atoms with Crippen molar-refractivity contribution in [1.82, 2.24) is 30.0 Å². The van der Waals surface area contributed by atoms with Crippen LogP contribution in [0.25, 0.3) is 10.9 Å². The van der Waals surface area contributed by atoms with E-state index in [1.54, 1.807) is 0 Å². The fourth-order valence-corrected chi connectivity index (χ4v) is 5.44. The number of fused-ring (bicyclic) bond motifs is 1. The quantitative estimate of drug-likeness (QED) is 0.383. The molecule has 1 unspecified atom stereocenters. The van der Waals surface area contributed by atoms with Crippen LogP contribution in [0.1, 0.15) is 17.8 Å². The molecule has 5 heterocycles. The van der Waals surface area contributed by atoms with Crippen LogP contribution in [0.5, 0.6) is 0 Å². The van der Waals surface area contributed by atoms with E-state index in [0.29, 0.717) is 35.8 Å². The minimum absolute atomic E-state index is 0.378. The molecule has 0 amide bonds. The van der Waals surface area contributed by atoms with Gasteiger partial charge in [-0.3, -0.25) is 15.0 Å². The van der Waals surface area contributed by atoms with E-state index in [-0.39, 0.29) is 0 Å². The molecule has 2 saturated heterocycles. The Kier molecular flexibility index (Phi) is 5.77. The number of H-pyrrole nitrogens is 1. The second-order valence-corrected chi connectivity index (χ2v) is 10.3. The highest BCUT2D eigenvalue weighted by molar-refractivity contribution is 7.99. The Bertz CT molecular complexity index is 1370. The van der Waals surface area contributed by atoms with Crippen molar-refractivity contribution >= 4 is 40.1 Å². The van der Waals surface area contributed by atoms with Gasteiger partial charge in [0.1, 0.15) is 17.8 Å². The van der Waals surface area contributed by atoms with Gasteiger partial charge >= 0.3 is 0 Å². The predicted molar refractivity (Wildman–Crippen MR) is 136 cm³/mol. The molecule has 10 heteroatoms. The molecule has 2 aliphatic heterocycles. The summed E-state index contributed by atoms with van der Waals surface area (Å²) in [4.78, 5) is 19.8. The third-order valence-corrected chi connectivity index (χ3v) is 7.38. The summed E-state index contributed by atoms with van der Waals surface area (Å²) in [6, 6.07) is 14.6. The molecule has 0 saturated carbocycles. The predicted octanol–water partition coefficient (Wildman–Crippen LogP) is 4.49. The molecule has 180 valence electrons. The number of anilines is 3. The minimum atomic E-state index is -0.694. The molecule has 2 N–H and O–H groups in total. The lowest BCUT2D eigenvalue weighted by atomic mass is 10.1. The van der Waals surface area contributed by atoms with Crippen LogP contribution in [0.3, 0.4) is 0 Å². The molecule has 0 bridgehead atoms. The fraction of sp³-hybridized carbons (Fsp3) is 0.360. The van der Waals surface area contributed by atoms with E-state index >= 15 is 0 Å². The van der Waals surface area contributed by atoms with Crippen LogP contribution >= 0.6 is 11.8 Å². The first-order chi connectivity index (χ1) is 17.0. The number of nitrogens with one attached hydrogen (secondary N) is 2. The van der Waals surface area contributed by atoms with Crippen LogP contribution in [-0.2, 0) is 0 Å². The Hall–Kier alpha value is -3.24. The first-order valence-corrected chi connectivity index (χ1v) is 12.7. The molecule has 0 aliphatic carbocycles. The van der Waals surface area contributed by atoms with Gasteiger partial charge in [0, 0.05) is 66.0 Å². The maximum Gasteiger partial charge on any atom is 0.196 e. The molecular weight excluding hydrogens is 463 g/mol. The zero-order valence-electron chi connectivity index (χ0n) is 19.7. The van der Waals surface area contributed by atoms with Crippen LogP contribution in [-0.4, -0.2) is 68.4 Å². The molecule has 0 radical (unpaired) electrons. The highest BCUT2D eigenvalue weighted by Gasteiger charge is 2.36. The number of aryl methyl sites for hydroxylation is 2. The van der Waals surface area contributed by atoms with Gasteiger partial charge in [-0.2, -0.15) is 5.10 Å². The Morgan fingerprint density at radius 1 is 1.00 bits per heavy atom. The number of hydrogen-bond donors (Lipinski definition) is 2. The summed E-state index contributed by atoms with van der Waals surface area (Å²) in [6.45, 7) is 7.03. The van der Waals surface area contributed by atoms with Crippen molar-refractivity contribution < 1.29 is 4.39 Å². The number of aromatic nitrogens is 5. The first kappa shape index (κ1) is 22.2. The summed E-state index contributed by atoms with van der Waals surface area (Å²) >= 11 is 1.52. The standard InChI is InChI=1S/C25H27FN8S/c1-15-3-4-17-10-20(5-6-21(17)27-15)35-25-29-22(28-23-9-16(2)31-32-23)11-24(30-25)34-13-19(14-34)33-8-7-18(26)12-33/h3-6,9-11,18-19H,7-8,12-14H2,1-2H3,(H2,28,29,30,31,32). The van der Waals surface area contributed by atoms with E-state index in [1.807, 2.05) is 38.1 Å². The number of hydrogen-bond acceptors (Lipinski definition) is 8. The second-order valence-electron chi connectivity index (χ2n) is 9.30. The first-order valence-electron chi connectivity index (χ1n) is 11.8. The van der Waals surface area contributed by atoms with Gasteiger partial charge in [0.05, 0.1) is 5.52 Å². The molecule has 2 fully saturated rings. The van der Waals surface area contributed by atoms with Gasteiger partial charge in [0.15, 0.2) is 11.0 Å².